The van der Waals surface area contributed by atoms with Crippen molar-refractivity contribution < 1.29 is 9.53 Å². The molecule has 1 saturated heterocycles. The van der Waals surface area contributed by atoms with E-state index in [2.05, 4.69) is 17.7 Å². The van der Waals surface area contributed by atoms with Gasteiger partial charge in [-0.15, -0.1) is 0 Å². The van der Waals surface area contributed by atoms with E-state index in [0.717, 1.165) is 24.3 Å². The molecule has 1 fully saturated rings. The zero-order valence-corrected chi connectivity index (χ0v) is 11.4. The number of nitrogens with two attached hydrogens (primary N) is 1. The highest BCUT2D eigenvalue weighted by Gasteiger charge is 2.24. The van der Waals surface area contributed by atoms with Gasteiger partial charge in [-0.2, -0.15) is 0 Å². The van der Waals surface area contributed by atoms with Crippen LogP contribution in [0.25, 0.3) is 0 Å². The van der Waals surface area contributed by atoms with Gasteiger partial charge in [0.05, 0.1) is 6.10 Å². The second-order valence-electron chi connectivity index (χ2n) is 5.01. The fourth-order valence-electron chi connectivity index (χ4n) is 2.37. The topological polar surface area (TPSA) is 76.4 Å². The fourth-order valence-corrected chi connectivity index (χ4v) is 2.37. The van der Waals surface area contributed by atoms with Crippen LogP contribution in [0.15, 0.2) is 18.2 Å². The number of carbonyl (C=O) groups is 1. The number of benzene rings is 1. The molecule has 4 N–H and O–H groups in total. The fraction of sp³-hybridized carbons (Fsp3) is 0.500. The molecule has 2 atom stereocenters. The number of nitrogen functional groups attached to an aromatic ring is 1. The van der Waals surface area contributed by atoms with Crippen LogP contribution in [0.3, 0.4) is 0 Å². The molecular weight excluding hydrogens is 242 g/mol. The SMILES string of the molecule is Cc1cc(NN)ccc1C(=O)NCC1CCOC1C. The van der Waals surface area contributed by atoms with Crippen LogP contribution >= 0.6 is 0 Å². The first-order valence-corrected chi connectivity index (χ1v) is 6.59. The highest BCUT2D eigenvalue weighted by molar-refractivity contribution is 5.96. The lowest BCUT2D eigenvalue weighted by Crippen LogP contribution is -2.32. The van der Waals surface area contributed by atoms with Gasteiger partial charge >= 0.3 is 0 Å². The third-order valence-electron chi connectivity index (χ3n) is 3.70. The van der Waals surface area contributed by atoms with Crippen LogP contribution in [0.4, 0.5) is 5.69 Å². The molecule has 19 heavy (non-hydrogen) atoms. The van der Waals surface area contributed by atoms with E-state index in [1.807, 2.05) is 13.0 Å². The number of nitrogens with one attached hydrogen (secondary N) is 2. The maximum atomic E-state index is 12.1. The maximum Gasteiger partial charge on any atom is 0.251 e. The minimum Gasteiger partial charge on any atom is -0.378 e. The maximum absolute atomic E-state index is 12.1. The Hall–Kier alpha value is -1.59. The molecule has 0 aromatic heterocycles. The van der Waals surface area contributed by atoms with E-state index >= 15 is 0 Å². The minimum atomic E-state index is -0.0415. The van der Waals surface area contributed by atoms with Crippen LogP contribution in [0.5, 0.6) is 0 Å². The number of carbonyl (C=O) groups excluding carboxylic acids is 1. The Balaban J connectivity index is 1.96. The molecule has 0 radical (unpaired) electrons. The second kappa shape index (κ2) is 6.04. The van der Waals surface area contributed by atoms with Gasteiger partial charge in [-0.1, -0.05) is 0 Å². The van der Waals surface area contributed by atoms with Gasteiger partial charge in [0.15, 0.2) is 0 Å². The van der Waals surface area contributed by atoms with Crippen LogP contribution in [-0.2, 0) is 4.74 Å². The first-order chi connectivity index (χ1) is 9.11. The van der Waals surface area contributed by atoms with Gasteiger partial charge in [0.2, 0.25) is 0 Å². The molecule has 2 unspecified atom stereocenters. The van der Waals surface area contributed by atoms with Gasteiger partial charge < -0.3 is 15.5 Å². The third kappa shape index (κ3) is 3.24. The number of hydrogen-bond donors (Lipinski definition) is 3. The standard InChI is InChI=1S/C14H21N3O2/c1-9-7-12(17-15)3-4-13(9)14(18)16-8-11-5-6-19-10(11)2/h3-4,7,10-11,17H,5-6,8,15H2,1-2H3,(H,16,18). The second-order valence-corrected chi connectivity index (χ2v) is 5.01. The minimum absolute atomic E-state index is 0.0415. The smallest absolute Gasteiger partial charge is 0.251 e. The van der Waals surface area contributed by atoms with E-state index in [9.17, 15) is 4.79 Å². The molecule has 0 spiro atoms. The molecule has 0 saturated carbocycles. The highest BCUT2D eigenvalue weighted by atomic mass is 16.5. The molecule has 104 valence electrons. The summed E-state index contributed by atoms with van der Waals surface area (Å²) in [6.07, 6.45) is 1.24. The lowest BCUT2D eigenvalue weighted by molar-refractivity contribution is 0.0907. The molecule has 0 bridgehead atoms. The summed E-state index contributed by atoms with van der Waals surface area (Å²) < 4.78 is 5.48. The third-order valence-corrected chi connectivity index (χ3v) is 3.70. The lowest BCUT2D eigenvalue weighted by atomic mass is 10.0. The van der Waals surface area contributed by atoms with Crippen molar-refractivity contribution >= 4 is 11.6 Å². The molecule has 1 aliphatic rings. The van der Waals surface area contributed by atoms with Crippen molar-refractivity contribution in [2.75, 3.05) is 18.6 Å². The average molecular weight is 263 g/mol. The van der Waals surface area contributed by atoms with E-state index < -0.39 is 0 Å². The van der Waals surface area contributed by atoms with Crippen LogP contribution in [0.2, 0.25) is 0 Å². The number of aryl methyl sites for hydroxylation is 1. The summed E-state index contributed by atoms with van der Waals surface area (Å²) >= 11 is 0. The van der Waals surface area contributed by atoms with Crippen molar-refractivity contribution in [2.24, 2.45) is 11.8 Å². The molecule has 1 aromatic carbocycles. The van der Waals surface area contributed by atoms with Crippen molar-refractivity contribution in [3.63, 3.8) is 0 Å². The molecule has 2 rings (SSSR count). The van der Waals surface area contributed by atoms with E-state index in [1.54, 1.807) is 12.1 Å². The summed E-state index contributed by atoms with van der Waals surface area (Å²) in [5, 5.41) is 2.98. The highest BCUT2D eigenvalue weighted by Crippen LogP contribution is 2.20. The Bertz CT molecular complexity index is 462. The lowest BCUT2D eigenvalue weighted by Gasteiger charge is -2.15. The number of hydrogen-bond acceptors (Lipinski definition) is 4. The monoisotopic (exact) mass is 263 g/mol. The number of rotatable bonds is 4. The Morgan fingerprint density at radius 3 is 2.89 bits per heavy atom. The van der Waals surface area contributed by atoms with Crippen molar-refractivity contribution in [1.29, 1.82) is 0 Å². The predicted molar refractivity (Wildman–Crippen MR) is 74.8 cm³/mol. The van der Waals surface area contributed by atoms with Crippen molar-refractivity contribution in [3.05, 3.63) is 29.3 Å². The van der Waals surface area contributed by atoms with Gasteiger partial charge in [-0.05, 0) is 44.0 Å². The number of ether oxygens (including phenoxy) is 1. The summed E-state index contributed by atoms with van der Waals surface area (Å²) in [5.74, 6) is 5.71. The molecule has 1 aliphatic heterocycles. The zero-order valence-electron chi connectivity index (χ0n) is 11.4. The first kappa shape index (κ1) is 13.8. The molecule has 1 aromatic rings. The van der Waals surface area contributed by atoms with Crippen LogP contribution in [0, 0.1) is 12.8 Å². The van der Waals surface area contributed by atoms with E-state index in [1.165, 1.54) is 0 Å². The van der Waals surface area contributed by atoms with Crippen LogP contribution < -0.4 is 16.6 Å². The quantitative estimate of drug-likeness (QED) is 0.567. The average Bonchev–Trinajstić information content (AvgIpc) is 2.81. The molecule has 1 amide bonds. The Morgan fingerprint density at radius 2 is 2.32 bits per heavy atom. The summed E-state index contributed by atoms with van der Waals surface area (Å²) in [7, 11) is 0. The molecule has 1 heterocycles. The largest absolute Gasteiger partial charge is 0.378 e. The summed E-state index contributed by atoms with van der Waals surface area (Å²) in [6, 6.07) is 5.44. The van der Waals surface area contributed by atoms with Crippen LogP contribution in [-0.4, -0.2) is 25.2 Å². The van der Waals surface area contributed by atoms with E-state index in [-0.39, 0.29) is 12.0 Å². The van der Waals surface area contributed by atoms with Crippen molar-refractivity contribution in [2.45, 2.75) is 26.4 Å². The predicted octanol–water partition coefficient (Wildman–Crippen LogP) is 1.44. The zero-order chi connectivity index (χ0) is 13.8. The summed E-state index contributed by atoms with van der Waals surface area (Å²) in [4.78, 5) is 12.1. The van der Waals surface area contributed by atoms with Gasteiger partial charge in [0.25, 0.3) is 5.91 Å². The van der Waals surface area contributed by atoms with Crippen LogP contribution in [0.1, 0.15) is 29.3 Å². The van der Waals surface area contributed by atoms with Gasteiger partial charge in [0, 0.05) is 30.3 Å². The molecule has 5 nitrogen and oxygen atoms in total. The number of amides is 1. The molecule has 0 aliphatic carbocycles. The van der Waals surface area contributed by atoms with Crippen molar-refractivity contribution in [1.82, 2.24) is 5.32 Å². The van der Waals surface area contributed by atoms with Gasteiger partial charge in [-0.3, -0.25) is 10.6 Å². The Labute approximate surface area is 113 Å². The number of hydrazine groups is 1. The summed E-state index contributed by atoms with van der Waals surface area (Å²) in [6.45, 7) is 5.40. The van der Waals surface area contributed by atoms with E-state index in [0.29, 0.717) is 18.0 Å². The van der Waals surface area contributed by atoms with Crippen molar-refractivity contribution in [3.8, 4) is 0 Å². The Kier molecular flexibility index (Phi) is 4.39. The normalized spacial score (nSPS) is 22.3. The van der Waals surface area contributed by atoms with Gasteiger partial charge in [-0.25, -0.2) is 0 Å². The molecule has 5 heteroatoms. The summed E-state index contributed by atoms with van der Waals surface area (Å²) in [5.41, 5.74) is 4.96. The Morgan fingerprint density at radius 1 is 1.53 bits per heavy atom. The van der Waals surface area contributed by atoms with E-state index in [4.69, 9.17) is 10.6 Å². The van der Waals surface area contributed by atoms with Gasteiger partial charge in [0.1, 0.15) is 0 Å². The molecular formula is C14H21N3O2. The first-order valence-electron chi connectivity index (χ1n) is 6.59. The number of anilines is 1.